The molecule has 0 bridgehead atoms. The minimum absolute atomic E-state index is 0.411. The highest BCUT2D eigenvalue weighted by Crippen LogP contribution is 2.30. The molecular weight excluding hydrogens is 336 g/mol. The molecule has 0 fully saturated rings. The highest BCUT2D eigenvalue weighted by molar-refractivity contribution is 7.84. The molecule has 1 N–H and O–H groups in total. The topological polar surface area (TPSA) is 64.2 Å². The second-order valence-electron chi connectivity index (χ2n) is 6.05. The summed E-state index contributed by atoms with van der Waals surface area (Å²) in [5.41, 5.74) is 5.89. The van der Waals surface area contributed by atoms with Crippen LogP contribution in [0.1, 0.15) is 22.3 Å². The molecule has 0 saturated heterocycles. The first-order valence-corrected chi connectivity index (χ1v) is 9.32. The van der Waals surface area contributed by atoms with Crippen molar-refractivity contribution in [1.29, 1.82) is 0 Å². The van der Waals surface area contributed by atoms with E-state index in [-0.39, 0.29) is 0 Å². The molecule has 6 heteroatoms. The summed E-state index contributed by atoms with van der Waals surface area (Å²) in [5, 5.41) is 0.480. The van der Waals surface area contributed by atoms with Crippen molar-refractivity contribution in [2.24, 2.45) is 0 Å². The smallest absolute Gasteiger partial charge is 0.197 e. The van der Waals surface area contributed by atoms with Gasteiger partial charge in [0, 0.05) is 6.07 Å². The molecule has 1 atom stereocenters. The number of nitrogens with one attached hydrogen (secondary N) is 1. The fourth-order valence-corrected chi connectivity index (χ4v) is 4.16. The molecule has 132 valence electrons. The first kappa shape index (κ1) is 17.5. The number of hydrogen-bond acceptors (Lipinski definition) is 4. The van der Waals surface area contributed by atoms with Crippen LogP contribution < -0.4 is 9.47 Å². The van der Waals surface area contributed by atoms with Gasteiger partial charge < -0.3 is 14.5 Å². The number of imidazole rings is 1. The molecule has 0 saturated carbocycles. The zero-order valence-corrected chi connectivity index (χ0v) is 15.9. The number of H-pyrrole nitrogens is 1. The summed E-state index contributed by atoms with van der Waals surface area (Å²) < 4.78 is 23.5. The maximum Gasteiger partial charge on any atom is 0.197 e. The molecule has 2 aromatic carbocycles. The number of benzene rings is 2. The molecule has 0 aliphatic rings. The molecule has 0 amide bonds. The van der Waals surface area contributed by atoms with E-state index in [0.717, 1.165) is 44.8 Å². The number of fused-ring (bicyclic) bond motifs is 1. The molecule has 25 heavy (non-hydrogen) atoms. The minimum atomic E-state index is -1.26. The van der Waals surface area contributed by atoms with E-state index in [1.54, 1.807) is 14.2 Å². The number of methoxy groups -OCH3 is 2. The van der Waals surface area contributed by atoms with Crippen LogP contribution in [0.15, 0.2) is 29.4 Å². The zero-order valence-electron chi connectivity index (χ0n) is 15.1. The van der Waals surface area contributed by atoms with Gasteiger partial charge in [0.15, 0.2) is 5.16 Å². The molecule has 0 aliphatic heterocycles. The molecule has 0 radical (unpaired) electrons. The van der Waals surface area contributed by atoms with Crippen LogP contribution in [0.3, 0.4) is 0 Å². The van der Waals surface area contributed by atoms with Gasteiger partial charge in [0.05, 0.1) is 41.8 Å². The van der Waals surface area contributed by atoms with E-state index in [9.17, 15) is 4.21 Å². The lowest BCUT2D eigenvalue weighted by Gasteiger charge is -2.15. The maximum absolute atomic E-state index is 12.8. The van der Waals surface area contributed by atoms with Gasteiger partial charge in [-0.05, 0) is 55.2 Å². The van der Waals surface area contributed by atoms with Crippen LogP contribution >= 0.6 is 0 Å². The number of aromatic nitrogens is 2. The summed E-state index contributed by atoms with van der Waals surface area (Å²) in [4.78, 5) is 7.60. The Morgan fingerprint density at radius 1 is 1.08 bits per heavy atom. The van der Waals surface area contributed by atoms with Crippen LogP contribution in [0.5, 0.6) is 11.5 Å². The average Bonchev–Trinajstić information content (AvgIpc) is 3.03. The van der Waals surface area contributed by atoms with Crippen molar-refractivity contribution in [3.8, 4) is 11.5 Å². The zero-order chi connectivity index (χ0) is 18.1. The maximum atomic E-state index is 12.8. The van der Waals surface area contributed by atoms with Gasteiger partial charge in [0.2, 0.25) is 0 Å². The fraction of sp³-hybridized carbons (Fsp3) is 0.316. The summed E-state index contributed by atoms with van der Waals surface area (Å²) in [5.74, 6) is 2.04. The van der Waals surface area contributed by atoms with E-state index >= 15 is 0 Å². The summed E-state index contributed by atoms with van der Waals surface area (Å²) in [6.07, 6.45) is 0. The van der Waals surface area contributed by atoms with Gasteiger partial charge in [-0.15, -0.1) is 0 Å². The van der Waals surface area contributed by atoms with E-state index in [0.29, 0.717) is 10.9 Å². The van der Waals surface area contributed by atoms with Crippen LogP contribution in [0.25, 0.3) is 11.0 Å². The number of nitrogens with zero attached hydrogens (tertiary/aromatic N) is 1. The fourth-order valence-electron chi connectivity index (χ4n) is 3.02. The second kappa shape index (κ2) is 6.88. The van der Waals surface area contributed by atoms with Crippen LogP contribution in [-0.2, 0) is 16.6 Å². The third kappa shape index (κ3) is 3.26. The number of aromatic amines is 1. The average molecular weight is 358 g/mol. The Kier molecular flexibility index (Phi) is 4.81. The first-order chi connectivity index (χ1) is 11.9. The first-order valence-electron chi connectivity index (χ1n) is 8.00. The molecule has 1 unspecified atom stereocenters. The number of aryl methyl sites for hydroxylation is 1. The number of hydrogen-bond donors (Lipinski definition) is 1. The Bertz CT molecular complexity index is 963. The highest BCUT2D eigenvalue weighted by Gasteiger charge is 2.16. The van der Waals surface area contributed by atoms with Crippen molar-refractivity contribution in [3.63, 3.8) is 0 Å². The van der Waals surface area contributed by atoms with Gasteiger partial charge in [-0.1, -0.05) is 6.07 Å². The Morgan fingerprint density at radius 2 is 1.84 bits per heavy atom. The lowest BCUT2D eigenvalue weighted by atomic mass is 10.00. The molecular formula is C19H22N2O3S. The number of rotatable bonds is 5. The lowest BCUT2D eigenvalue weighted by Crippen LogP contribution is -2.04. The molecule has 3 aromatic rings. The van der Waals surface area contributed by atoms with Crippen LogP contribution in [-0.4, -0.2) is 28.4 Å². The predicted octanol–water partition coefficient (Wildman–Crippen LogP) is 3.81. The van der Waals surface area contributed by atoms with Crippen molar-refractivity contribution in [3.05, 3.63) is 46.5 Å². The Labute approximate surface area is 149 Å². The third-order valence-corrected chi connectivity index (χ3v) is 5.71. The van der Waals surface area contributed by atoms with Crippen molar-refractivity contribution < 1.29 is 13.7 Å². The van der Waals surface area contributed by atoms with Gasteiger partial charge in [-0.25, -0.2) is 4.98 Å². The third-order valence-electron chi connectivity index (χ3n) is 4.51. The van der Waals surface area contributed by atoms with Crippen molar-refractivity contribution in [1.82, 2.24) is 9.97 Å². The minimum Gasteiger partial charge on any atom is -0.497 e. The molecule has 3 rings (SSSR count). The summed E-state index contributed by atoms with van der Waals surface area (Å²) in [6, 6.07) is 7.61. The lowest BCUT2D eigenvalue weighted by molar-refractivity contribution is 0.408. The highest BCUT2D eigenvalue weighted by atomic mass is 32.2. The second-order valence-corrected chi connectivity index (χ2v) is 7.42. The Hall–Kier alpha value is -2.34. The summed E-state index contributed by atoms with van der Waals surface area (Å²) in [6.45, 7) is 6.07. The molecule has 0 aliphatic carbocycles. The number of ether oxygens (including phenoxy) is 2. The monoisotopic (exact) mass is 358 g/mol. The van der Waals surface area contributed by atoms with Crippen molar-refractivity contribution >= 4 is 21.8 Å². The molecule has 5 nitrogen and oxygen atoms in total. The molecule has 1 aromatic heterocycles. The Balaban J connectivity index is 1.92. The van der Waals surface area contributed by atoms with E-state index in [2.05, 4.69) is 9.97 Å². The van der Waals surface area contributed by atoms with Crippen LogP contribution in [0, 0.1) is 20.8 Å². The van der Waals surface area contributed by atoms with Gasteiger partial charge in [-0.3, -0.25) is 4.21 Å². The largest absolute Gasteiger partial charge is 0.497 e. The SMILES string of the molecule is COc1ccc2nc(S(=O)Cc3cc(C)c(OC)c(C)c3C)[nH]c2c1. The van der Waals surface area contributed by atoms with Gasteiger partial charge in [0.1, 0.15) is 11.5 Å². The molecule has 1 heterocycles. The standard InChI is InChI=1S/C19H22N2O3S/c1-11-8-14(12(2)13(3)18(11)24-5)10-25(22)19-20-16-7-6-15(23-4)9-17(16)21-19/h6-9H,10H2,1-5H3,(H,20,21). The van der Waals surface area contributed by atoms with E-state index in [1.807, 2.05) is 45.0 Å². The Morgan fingerprint density at radius 3 is 2.52 bits per heavy atom. The van der Waals surface area contributed by atoms with Gasteiger partial charge in [-0.2, -0.15) is 0 Å². The van der Waals surface area contributed by atoms with E-state index in [4.69, 9.17) is 9.47 Å². The van der Waals surface area contributed by atoms with E-state index < -0.39 is 10.8 Å². The normalized spacial score (nSPS) is 12.4. The predicted molar refractivity (Wildman–Crippen MR) is 100.0 cm³/mol. The molecule has 0 spiro atoms. The van der Waals surface area contributed by atoms with E-state index in [1.165, 1.54) is 0 Å². The van der Waals surface area contributed by atoms with Crippen LogP contribution in [0.4, 0.5) is 0 Å². The van der Waals surface area contributed by atoms with Crippen LogP contribution in [0.2, 0.25) is 0 Å². The van der Waals surface area contributed by atoms with Crippen molar-refractivity contribution in [2.75, 3.05) is 14.2 Å². The summed E-state index contributed by atoms with van der Waals surface area (Å²) >= 11 is 0. The quantitative estimate of drug-likeness (QED) is 0.753. The van der Waals surface area contributed by atoms with Crippen molar-refractivity contribution in [2.45, 2.75) is 31.7 Å². The van der Waals surface area contributed by atoms with Gasteiger partial charge >= 0.3 is 0 Å². The van der Waals surface area contributed by atoms with Gasteiger partial charge in [0.25, 0.3) is 0 Å². The summed E-state index contributed by atoms with van der Waals surface area (Å²) in [7, 11) is 2.04.